The molecule has 0 amide bonds. The van der Waals surface area contributed by atoms with Crippen LogP contribution >= 0.6 is 46.1 Å². The third-order valence-corrected chi connectivity index (χ3v) is 5.56. The first-order valence-electron chi connectivity index (χ1n) is 6.66. The second-order valence-corrected chi connectivity index (χ2v) is 6.95. The minimum absolute atomic E-state index is 0.0209. The lowest BCUT2D eigenvalue weighted by molar-refractivity contribution is 0.201. The van der Waals surface area contributed by atoms with Crippen LogP contribution < -0.4 is 5.32 Å². The van der Waals surface area contributed by atoms with Crippen molar-refractivity contribution in [3.8, 4) is 0 Å². The molecule has 1 N–H and O–H groups in total. The molecular weight excluding hydrogens is 349 g/mol. The molecule has 0 aliphatic carbocycles. The van der Waals surface area contributed by atoms with Crippen molar-refractivity contribution in [3.05, 3.63) is 49.3 Å². The fraction of sp³-hybridized carbons (Fsp3) is 0.357. The van der Waals surface area contributed by atoms with Gasteiger partial charge >= 0.3 is 0 Å². The molecule has 1 atom stereocenters. The van der Waals surface area contributed by atoms with Crippen LogP contribution in [0.25, 0.3) is 0 Å². The normalized spacial score (nSPS) is 17.9. The lowest BCUT2D eigenvalue weighted by Gasteiger charge is -2.35. The van der Waals surface area contributed by atoms with E-state index in [-0.39, 0.29) is 6.04 Å². The molecule has 1 aliphatic rings. The van der Waals surface area contributed by atoms with Crippen molar-refractivity contribution < 1.29 is 0 Å². The summed E-state index contributed by atoms with van der Waals surface area (Å²) in [4.78, 5) is 7.61. The molecule has 0 bridgehead atoms. The summed E-state index contributed by atoms with van der Waals surface area (Å²) in [5, 5.41) is 6.73. The molecule has 3 rings (SSSR count). The number of hydrogen-bond donors (Lipinski definition) is 1. The van der Waals surface area contributed by atoms with Gasteiger partial charge in [-0.05, 0) is 11.4 Å². The van der Waals surface area contributed by atoms with E-state index in [1.54, 1.807) is 17.5 Å². The van der Waals surface area contributed by atoms with Gasteiger partial charge in [-0.3, -0.25) is 4.90 Å². The molecule has 21 heavy (non-hydrogen) atoms. The second-order valence-electron chi connectivity index (χ2n) is 4.83. The smallest absolute Gasteiger partial charge is 0.148 e. The van der Waals surface area contributed by atoms with E-state index < -0.39 is 0 Å². The predicted molar refractivity (Wildman–Crippen MR) is 89.9 cm³/mol. The first-order valence-corrected chi connectivity index (χ1v) is 8.67. The van der Waals surface area contributed by atoms with Gasteiger partial charge < -0.3 is 5.32 Å². The van der Waals surface area contributed by atoms with E-state index in [0.29, 0.717) is 15.2 Å². The van der Waals surface area contributed by atoms with Gasteiger partial charge in [-0.15, -0.1) is 11.3 Å². The highest BCUT2D eigenvalue weighted by Gasteiger charge is 2.29. The Kier molecular flexibility index (Phi) is 5.04. The Labute approximate surface area is 142 Å². The van der Waals surface area contributed by atoms with Crippen LogP contribution in [0.5, 0.6) is 0 Å². The van der Waals surface area contributed by atoms with Gasteiger partial charge in [-0.25, -0.2) is 4.98 Å². The lowest BCUT2D eigenvalue weighted by Crippen LogP contribution is -2.45. The number of rotatable bonds is 3. The highest BCUT2D eigenvalue weighted by atomic mass is 35.5. The molecule has 0 radical (unpaired) electrons. The number of piperazine rings is 1. The Balaban J connectivity index is 2.09. The Hall–Kier alpha value is -0.360. The van der Waals surface area contributed by atoms with Gasteiger partial charge in [-0.2, -0.15) is 0 Å². The first-order chi connectivity index (χ1) is 10.2. The minimum Gasteiger partial charge on any atom is -0.314 e. The summed E-state index contributed by atoms with van der Waals surface area (Å²) in [5.74, 6) is 0. The van der Waals surface area contributed by atoms with Crippen molar-refractivity contribution in [2.75, 3.05) is 26.2 Å². The van der Waals surface area contributed by atoms with E-state index in [0.717, 1.165) is 31.7 Å². The van der Waals surface area contributed by atoms with Crippen molar-refractivity contribution in [3.63, 3.8) is 0 Å². The molecule has 0 unspecified atom stereocenters. The lowest BCUT2D eigenvalue weighted by atomic mass is 10.0. The average molecular weight is 363 g/mol. The SMILES string of the molecule is Clc1cnc(Cl)c(Cl)c1[C@@H](c1cccs1)N1CCNCC1. The van der Waals surface area contributed by atoms with E-state index >= 15 is 0 Å². The van der Waals surface area contributed by atoms with Gasteiger partial charge in [-0.1, -0.05) is 40.9 Å². The van der Waals surface area contributed by atoms with Crippen LogP contribution in [-0.4, -0.2) is 36.1 Å². The number of halogens is 3. The maximum absolute atomic E-state index is 6.41. The monoisotopic (exact) mass is 361 g/mol. The summed E-state index contributed by atoms with van der Waals surface area (Å²) in [6.07, 6.45) is 1.58. The Morgan fingerprint density at radius 3 is 2.67 bits per heavy atom. The number of nitrogens with one attached hydrogen (secondary N) is 1. The zero-order chi connectivity index (χ0) is 14.8. The van der Waals surface area contributed by atoms with Crippen molar-refractivity contribution in [2.45, 2.75) is 6.04 Å². The molecule has 1 saturated heterocycles. The molecular formula is C14H14Cl3N3S. The third-order valence-electron chi connectivity index (χ3n) is 3.57. The van der Waals surface area contributed by atoms with Crippen molar-refractivity contribution in [2.24, 2.45) is 0 Å². The highest BCUT2D eigenvalue weighted by Crippen LogP contribution is 2.41. The second kappa shape index (κ2) is 6.82. The number of nitrogens with zero attached hydrogens (tertiary/aromatic N) is 2. The topological polar surface area (TPSA) is 28.2 Å². The van der Waals surface area contributed by atoms with Crippen molar-refractivity contribution >= 4 is 46.1 Å². The molecule has 1 fully saturated rings. The fourth-order valence-electron chi connectivity index (χ4n) is 2.60. The van der Waals surface area contributed by atoms with Crippen molar-refractivity contribution in [1.29, 1.82) is 0 Å². The molecule has 2 aromatic rings. The molecule has 0 spiro atoms. The summed E-state index contributed by atoms with van der Waals surface area (Å²) in [7, 11) is 0. The zero-order valence-corrected chi connectivity index (χ0v) is 14.2. The van der Waals surface area contributed by atoms with E-state index in [9.17, 15) is 0 Å². The van der Waals surface area contributed by atoms with Gasteiger partial charge in [0.25, 0.3) is 0 Å². The molecule has 112 valence electrons. The van der Waals surface area contributed by atoms with Gasteiger partial charge in [0.1, 0.15) is 5.15 Å². The number of aromatic nitrogens is 1. The van der Waals surface area contributed by atoms with Gasteiger partial charge in [0.15, 0.2) is 0 Å². The maximum atomic E-state index is 6.41. The fourth-order valence-corrected chi connectivity index (χ4v) is 4.16. The highest BCUT2D eigenvalue weighted by molar-refractivity contribution is 7.10. The maximum Gasteiger partial charge on any atom is 0.148 e. The first kappa shape index (κ1) is 15.5. The van der Waals surface area contributed by atoms with Crippen LogP contribution in [-0.2, 0) is 0 Å². The minimum atomic E-state index is 0.0209. The van der Waals surface area contributed by atoms with Gasteiger partial charge in [0.2, 0.25) is 0 Å². The molecule has 3 nitrogen and oxygen atoms in total. The summed E-state index contributed by atoms with van der Waals surface area (Å²) in [5.41, 5.74) is 0.850. The van der Waals surface area contributed by atoms with Crippen LogP contribution in [0, 0.1) is 0 Å². The summed E-state index contributed by atoms with van der Waals surface area (Å²) in [6, 6.07) is 4.17. The van der Waals surface area contributed by atoms with Crippen molar-refractivity contribution in [1.82, 2.24) is 15.2 Å². The number of thiophene rings is 1. The van der Waals surface area contributed by atoms with E-state index in [1.165, 1.54) is 4.88 Å². The summed E-state index contributed by atoms with van der Waals surface area (Å²) < 4.78 is 0. The summed E-state index contributed by atoms with van der Waals surface area (Å²) >= 11 is 20.6. The Bertz CT molecular complexity index is 612. The average Bonchev–Trinajstić information content (AvgIpc) is 3.02. The van der Waals surface area contributed by atoms with E-state index in [1.807, 2.05) is 6.07 Å². The molecule has 2 aromatic heterocycles. The molecule has 0 aromatic carbocycles. The summed E-state index contributed by atoms with van der Waals surface area (Å²) in [6.45, 7) is 3.79. The standard InChI is InChI=1S/C14H14Cl3N3S/c15-9-8-19-14(17)12(16)11(9)13(10-2-1-7-21-10)20-5-3-18-4-6-20/h1-2,7-8,13,18H,3-6H2/t13-/m1/s1. The number of pyridine rings is 1. The van der Waals surface area contributed by atoms with Crippen LogP contribution in [0.15, 0.2) is 23.7 Å². The van der Waals surface area contributed by atoms with Crippen LogP contribution in [0.1, 0.15) is 16.5 Å². The van der Waals surface area contributed by atoms with Gasteiger partial charge in [0.05, 0.1) is 16.1 Å². The van der Waals surface area contributed by atoms with Crippen LogP contribution in [0.3, 0.4) is 0 Å². The molecule has 7 heteroatoms. The van der Waals surface area contributed by atoms with E-state index in [2.05, 4.69) is 26.6 Å². The number of hydrogen-bond acceptors (Lipinski definition) is 4. The van der Waals surface area contributed by atoms with Crippen LogP contribution in [0.4, 0.5) is 0 Å². The quantitative estimate of drug-likeness (QED) is 0.833. The molecule has 0 saturated carbocycles. The predicted octanol–water partition coefficient (Wildman–Crippen LogP) is 4.10. The Morgan fingerprint density at radius 1 is 1.24 bits per heavy atom. The zero-order valence-electron chi connectivity index (χ0n) is 11.2. The molecule has 3 heterocycles. The Morgan fingerprint density at radius 2 is 2.00 bits per heavy atom. The van der Waals surface area contributed by atoms with E-state index in [4.69, 9.17) is 34.8 Å². The van der Waals surface area contributed by atoms with Gasteiger partial charge in [0, 0.05) is 42.8 Å². The van der Waals surface area contributed by atoms with Crippen LogP contribution in [0.2, 0.25) is 15.2 Å². The largest absolute Gasteiger partial charge is 0.314 e. The third kappa shape index (κ3) is 3.21. The molecule has 1 aliphatic heterocycles.